The minimum Gasteiger partial charge on any atom is -0.493 e. The van der Waals surface area contributed by atoms with Crippen molar-refractivity contribution in [2.45, 2.75) is 32.1 Å². The first kappa shape index (κ1) is 20.3. The van der Waals surface area contributed by atoms with Crippen LogP contribution < -0.4 is 25.3 Å². The van der Waals surface area contributed by atoms with Crippen LogP contribution in [0.15, 0.2) is 23.4 Å². The Balaban J connectivity index is 2.00. The third-order valence-corrected chi connectivity index (χ3v) is 6.86. The Bertz CT molecular complexity index is 1060. The number of rotatable bonds is 5. The molecule has 1 aromatic carbocycles. The highest BCUT2D eigenvalue weighted by atomic mass is 32.1. The van der Waals surface area contributed by atoms with E-state index in [1.165, 1.54) is 18.3 Å². The molecule has 1 aliphatic carbocycles. The molecule has 0 saturated heterocycles. The van der Waals surface area contributed by atoms with Gasteiger partial charge in [-0.15, -0.1) is 11.3 Å². The van der Waals surface area contributed by atoms with Crippen LogP contribution in [0.5, 0.6) is 17.2 Å². The van der Waals surface area contributed by atoms with E-state index in [1.807, 2.05) is 12.1 Å². The summed E-state index contributed by atoms with van der Waals surface area (Å²) in [6, 6.07) is 3.69. The predicted molar refractivity (Wildman–Crippen MR) is 116 cm³/mol. The van der Waals surface area contributed by atoms with Gasteiger partial charge in [0.25, 0.3) is 0 Å². The fourth-order valence-corrected chi connectivity index (χ4v) is 5.39. The predicted octanol–water partition coefficient (Wildman–Crippen LogP) is 4.12. The molecule has 158 valence electrons. The maximum atomic E-state index is 13.0. The van der Waals surface area contributed by atoms with E-state index in [1.54, 1.807) is 21.3 Å². The van der Waals surface area contributed by atoms with E-state index in [0.717, 1.165) is 34.7 Å². The van der Waals surface area contributed by atoms with Gasteiger partial charge in [0.15, 0.2) is 23.1 Å². The summed E-state index contributed by atoms with van der Waals surface area (Å²) >= 11 is 1.33. The average molecular weight is 429 g/mol. The lowest BCUT2D eigenvalue weighted by Gasteiger charge is -2.33. The number of fused-ring (bicyclic) bond motifs is 1. The molecule has 7 nitrogen and oxygen atoms in total. The van der Waals surface area contributed by atoms with Gasteiger partial charge in [-0.25, -0.2) is 0 Å². The van der Waals surface area contributed by atoms with Gasteiger partial charge < -0.3 is 25.3 Å². The van der Waals surface area contributed by atoms with Crippen LogP contribution in [-0.2, 0) is 4.79 Å². The molecule has 0 bridgehead atoms. The number of hydrogen-bond acceptors (Lipinski definition) is 8. The van der Waals surface area contributed by atoms with Crippen molar-refractivity contribution < 1.29 is 23.8 Å². The standard InChI is InChI=1S/C22H24N2O5S/c1-10(25)21-19(23)18-16(11-8-14(27-2)20(29-4)15(9-11)28-3)17-12(24-22(18)30-21)6-5-7-13(17)26/h8-9,16,24H,5-7,23H2,1-4H3/t16-/m0/s1. The molecule has 8 heteroatoms. The molecule has 0 radical (unpaired) electrons. The third kappa shape index (κ3) is 3.02. The van der Waals surface area contributed by atoms with Crippen molar-refractivity contribution in [2.75, 3.05) is 32.4 Å². The van der Waals surface area contributed by atoms with Gasteiger partial charge in [0, 0.05) is 36.1 Å². The molecule has 2 heterocycles. The zero-order valence-electron chi connectivity index (χ0n) is 17.4. The van der Waals surface area contributed by atoms with E-state index in [-0.39, 0.29) is 11.6 Å². The van der Waals surface area contributed by atoms with Gasteiger partial charge in [-0.2, -0.15) is 0 Å². The molecule has 0 amide bonds. The van der Waals surface area contributed by atoms with Crippen molar-refractivity contribution in [3.63, 3.8) is 0 Å². The van der Waals surface area contributed by atoms with Crippen LogP contribution in [0.3, 0.4) is 0 Å². The normalized spacial score (nSPS) is 17.7. The van der Waals surface area contributed by atoms with Crippen LogP contribution >= 0.6 is 11.3 Å². The van der Waals surface area contributed by atoms with E-state index in [9.17, 15) is 9.59 Å². The number of allylic oxidation sites excluding steroid dienone is 2. The first-order valence-corrected chi connectivity index (χ1v) is 10.5. The minimum absolute atomic E-state index is 0.0862. The zero-order valence-corrected chi connectivity index (χ0v) is 18.2. The van der Waals surface area contributed by atoms with Gasteiger partial charge in [0.05, 0.1) is 36.9 Å². The highest BCUT2D eigenvalue weighted by Gasteiger charge is 2.39. The number of nitrogens with one attached hydrogen (secondary N) is 1. The maximum absolute atomic E-state index is 13.0. The molecule has 0 spiro atoms. The highest BCUT2D eigenvalue weighted by molar-refractivity contribution is 7.19. The summed E-state index contributed by atoms with van der Waals surface area (Å²) in [6.45, 7) is 1.50. The first-order chi connectivity index (χ1) is 14.4. The molecule has 1 aliphatic heterocycles. The van der Waals surface area contributed by atoms with Gasteiger partial charge in [-0.05, 0) is 30.5 Å². The minimum atomic E-state index is -0.415. The van der Waals surface area contributed by atoms with E-state index in [2.05, 4.69) is 5.32 Å². The number of ether oxygens (including phenoxy) is 3. The molecule has 2 aliphatic rings. The molecule has 4 rings (SSSR count). The number of thiophene rings is 1. The molecular weight excluding hydrogens is 404 g/mol. The molecule has 1 aromatic heterocycles. The molecule has 1 atom stereocenters. The quantitative estimate of drug-likeness (QED) is 0.691. The second-order valence-corrected chi connectivity index (χ2v) is 8.35. The first-order valence-electron chi connectivity index (χ1n) is 9.67. The van der Waals surface area contributed by atoms with Gasteiger partial charge in [0.1, 0.15) is 0 Å². The average Bonchev–Trinajstić information content (AvgIpc) is 3.07. The van der Waals surface area contributed by atoms with E-state index >= 15 is 0 Å². The van der Waals surface area contributed by atoms with Crippen LogP contribution in [-0.4, -0.2) is 32.9 Å². The number of nitrogens with two attached hydrogens (primary N) is 1. The Hall–Kier alpha value is -3.00. The summed E-state index contributed by atoms with van der Waals surface area (Å²) in [6.07, 6.45) is 2.05. The van der Waals surface area contributed by atoms with Gasteiger partial charge >= 0.3 is 0 Å². The number of ketones is 2. The van der Waals surface area contributed by atoms with E-state index in [0.29, 0.717) is 39.8 Å². The van der Waals surface area contributed by atoms with Crippen molar-refractivity contribution in [1.29, 1.82) is 0 Å². The molecular formula is C22H24N2O5S. The molecule has 30 heavy (non-hydrogen) atoms. The van der Waals surface area contributed by atoms with Crippen LogP contribution in [0.1, 0.15) is 52.9 Å². The lowest BCUT2D eigenvalue weighted by Crippen LogP contribution is -2.26. The summed E-state index contributed by atoms with van der Waals surface area (Å²) in [4.78, 5) is 25.7. The van der Waals surface area contributed by atoms with Crippen LogP contribution in [0.2, 0.25) is 0 Å². The number of benzene rings is 1. The Morgan fingerprint density at radius 1 is 1.13 bits per heavy atom. The highest BCUT2D eigenvalue weighted by Crippen LogP contribution is 2.53. The molecule has 0 fully saturated rings. The summed E-state index contributed by atoms with van der Waals surface area (Å²) in [5, 5.41) is 4.19. The van der Waals surface area contributed by atoms with Crippen LogP contribution in [0.4, 0.5) is 10.7 Å². The molecule has 3 N–H and O–H groups in total. The van der Waals surface area contributed by atoms with Crippen molar-refractivity contribution in [3.05, 3.63) is 39.4 Å². The summed E-state index contributed by atoms with van der Waals surface area (Å²) in [5.74, 6) is 1.05. The number of carbonyl (C=O) groups is 2. The summed E-state index contributed by atoms with van der Waals surface area (Å²) in [5.41, 5.74) is 10.0. The smallest absolute Gasteiger partial charge is 0.203 e. The Morgan fingerprint density at radius 2 is 1.80 bits per heavy atom. The second kappa shape index (κ2) is 7.68. The van der Waals surface area contributed by atoms with Gasteiger partial charge in [-0.3, -0.25) is 9.59 Å². The molecule has 2 aromatic rings. The third-order valence-electron chi connectivity index (χ3n) is 5.62. The number of carbonyl (C=O) groups excluding carboxylic acids is 2. The van der Waals surface area contributed by atoms with E-state index < -0.39 is 5.92 Å². The largest absolute Gasteiger partial charge is 0.493 e. The van der Waals surface area contributed by atoms with Crippen LogP contribution in [0, 0.1) is 0 Å². The lowest BCUT2D eigenvalue weighted by molar-refractivity contribution is -0.116. The summed E-state index contributed by atoms with van der Waals surface area (Å²) in [7, 11) is 4.65. The van der Waals surface area contributed by atoms with Crippen molar-refractivity contribution in [3.8, 4) is 17.2 Å². The fraction of sp³-hybridized carbons (Fsp3) is 0.364. The van der Waals surface area contributed by atoms with Crippen LogP contribution in [0.25, 0.3) is 0 Å². The zero-order chi connectivity index (χ0) is 21.6. The number of methoxy groups -OCH3 is 3. The monoisotopic (exact) mass is 428 g/mol. The maximum Gasteiger partial charge on any atom is 0.203 e. The van der Waals surface area contributed by atoms with E-state index in [4.69, 9.17) is 19.9 Å². The Morgan fingerprint density at radius 3 is 2.37 bits per heavy atom. The number of hydrogen-bond donors (Lipinski definition) is 2. The SMILES string of the molecule is COc1cc([C@H]2C3=C(CCCC3=O)Nc3sc(C(C)=O)c(N)c32)cc(OC)c1OC. The van der Waals surface area contributed by atoms with Gasteiger partial charge in [0.2, 0.25) is 5.75 Å². The second-order valence-electron chi connectivity index (χ2n) is 7.33. The van der Waals surface area contributed by atoms with Crippen molar-refractivity contribution >= 4 is 33.6 Å². The van der Waals surface area contributed by atoms with Crippen molar-refractivity contribution in [1.82, 2.24) is 0 Å². The number of nitrogen functional groups attached to an aromatic ring is 1. The molecule has 0 saturated carbocycles. The Kier molecular flexibility index (Phi) is 5.19. The number of Topliss-reactive ketones (excluding diaryl/α,β-unsaturated/α-hetero) is 2. The molecule has 0 unspecified atom stereocenters. The lowest BCUT2D eigenvalue weighted by atomic mass is 9.76. The fourth-order valence-electron chi connectivity index (χ4n) is 4.31. The Labute approximate surface area is 178 Å². The van der Waals surface area contributed by atoms with Crippen molar-refractivity contribution in [2.24, 2.45) is 0 Å². The number of anilines is 2. The summed E-state index contributed by atoms with van der Waals surface area (Å²) < 4.78 is 16.5. The topological polar surface area (TPSA) is 99.9 Å². The van der Waals surface area contributed by atoms with Gasteiger partial charge in [-0.1, -0.05) is 0 Å².